The monoisotopic (exact) mass is 520 g/mol. The fourth-order valence-corrected chi connectivity index (χ4v) is 3.05. The zero-order valence-electron chi connectivity index (χ0n) is 18.0. The highest BCUT2D eigenvalue weighted by Crippen LogP contribution is 2.27. The van der Waals surface area contributed by atoms with Crippen LogP contribution in [0.1, 0.15) is 5.56 Å². The summed E-state index contributed by atoms with van der Waals surface area (Å²) in [6, 6.07) is 14.9. The summed E-state index contributed by atoms with van der Waals surface area (Å²) in [7, 11) is 0. The predicted molar refractivity (Wildman–Crippen MR) is 121 cm³/mol. The van der Waals surface area contributed by atoms with Crippen molar-refractivity contribution >= 4 is 29.2 Å². The van der Waals surface area contributed by atoms with Gasteiger partial charge in [-0.3, -0.25) is 0 Å². The molecule has 0 aliphatic heterocycles. The van der Waals surface area contributed by atoms with Crippen molar-refractivity contribution in [1.82, 2.24) is 15.0 Å². The van der Waals surface area contributed by atoms with Crippen LogP contribution in [-0.2, 0) is 6.54 Å². The lowest BCUT2D eigenvalue weighted by Gasteiger charge is -2.09. The van der Waals surface area contributed by atoms with Crippen LogP contribution in [0.15, 0.2) is 77.0 Å². The highest BCUT2D eigenvalue weighted by molar-refractivity contribution is 6.30. The van der Waals surface area contributed by atoms with Gasteiger partial charge in [-0.25, -0.2) is 8.78 Å². The van der Waals surface area contributed by atoms with Gasteiger partial charge in [-0.2, -0.15) is 20.1 Å². The van der Waals surface area contributed by atoms with Gasteiger partial charge < -0.3 is 10.1 Å². The molecule has 36 heavy (non-hydrogen) atoms. The lowest BCUT2D eigenvalue weighted by Crippen LogP contribution is -2.16. The Bertz CT molecular complexity index is 1360. The van der Waals surface area contributed by atoms with Crippen LogP contribution in [-0.4, -0.2) is 21.3 Å². The third-order valence-corrected chi connectivity index (χ3v) is 4.73. The number of hydrogen-bond acceptors (Lipinski definition) is 7. The Morgan fingerprint density at radius 1 is 0.861 bits per heavy atom. The van der Waals surface area contributed by atoms with Gasteiger partial charge in [0.2, 0.25) is 5.95 Å². The zero-order chi connectivity index (χ0) is 25.7. The fraction of sp³-hybridized carbons (Fsp3) is 0.0870. The summed E-state index contributed by atoms with van der Waals surface area (Å²) in [5.74, 6) is -2.79. The summed E-state index contributed by atoms with van der Waals surface area (Å²) in [6.45, 7) is -0.0404. The third-order valence-electron chi connectivity index (χ3n) is 4.48. The molecule has 0 aliphatic rings. The van der Waals surface area contributed by atoms with E-state index in [4.69, 9.17) is 11.6 Å². The maximum Gasteiger partial charge on any atom is 0.573 e. The molecule has 4 rings (SSSR count). The first kappa shape index (κ1) is 24.9. The van der Waals surface area contributed by atoms with Crippen molar-refractivity contribution in [2.24, 2.45) is 10.2 Å². The molecule has 1 heterocycles. The van der Waals surface area contributed by atoms with Gasteiger partial charge >= 0.3 is 6.36 Å². The van der Waals surface area contributed by atoms with Crippen LogP contribution in [0.5, 0.6) is 5.75 Å². The number of benzene rings is 3. The Balaban J connectivity index is 1.60. The topological polar surface area (TPSA) is 84.7 Å². The Kier molecular flexibility index (Phi) is 7.34. The van der Waals surface area contributed by atoms with Crippen LogP contribution in [0.25, 0.3) is 11.4 Å². The first-order chi connectivity index (χ1) is 17.2. The number of nitrogens with one attached hydrogen (secondary N) is 1. The highest BCUT2D eigenvalue weighted by Gasteiger charge is 2.30. The molecule has 0 fully saturated rings. The molecule has 0 unspecified atom stereocenters. The second-order valence-corrected chi connectivity index (χ2v) is 7.54. The molecule has 4 aromatic rings. The summed E-state index contributed by atoms with van der Waals surface area (Å²) in [5.41, 5.74) is 0.576. The average molecular weight is 521 g/mol. The molecule has 0 spiro atoms. The number of ether oxygens (including phenoxy) is 1. The second-order valence-electron chi connectivity index (χ2n) is 7.10. The van der Waals surface area contributed by atoms with E-state index >= 15 is 0 Å². The minimum absolute atomic E-state index is 0.0404. The normalized spacial score (nSPS) is 11.6. The maximum absolute atomic E-state index is 14.4. The van der Waals surface area contributed by atoms with Crippen LogP contribution in [0, 0.1) is 11.6 Å². The lowest BCUT2D eigenvalue weighted by molar-refractivity contribution is -0.274. The molecule has 0 aliphatic carbocycles. The molecule has 3 aromatic carbocycles. The third kappa shape index (κ3) is 6.69. The van der Waals surface area contributed by atoms with Crippen molar-refractivity contribution in [3.63, 3.8) is 0 Å². The Hall–Kier alpha value is -4.19. The van der Waals surface area contributed by atoms with Crippen LogP contribution >= 0.6 is 11.6 Å². The van der Waals surface area contributed by atoms with Crippen LogP contribution in [0.3, 0.4) is 0 Å². The van der Waals surface area contributed by atoms with Crippen LogP contribution in [0.4, 0.5) is 39.5 Å². The van der Waals surface area contributed by atoms with Crippen molar-refractivity contribution < 1.29 is 26.7 Å². The van der Waals surface area contributed by atoms with E-state index < -0.39 is 23.6 Å². The molecule has 0 atom stereocenters. The Morgan fingerprint density at radius 3 is 2.17 bits per heavy atom. The zero-order valence-corrected chi connectivity index (χ0v) is 18.7. The molecule has 184 valence electrons. The number of hydrogen-bond donors (Lipinski definition) is 1. The molecule has 0 saturated heterocycles. The lowest BCUT2D eigenvalue weighted by atomic mass is 10.2. The summed E-state index contributed by atoms with van der Waals surface area (Å²) in [6.07, 6.45) is -4.80. The average Bonchev–Trinajstić information content (AvgIpc) is 2.81. The van der Waals surface area contributed by atoms with E-state index in [0.717, 1.165) is 24.3 Å². The molecule has 0 bridgehead atoms. The largest absolute Gasteiger partial charge is 0.573 e. The van der Waals surface area contributed by atoms with Gasteiger partial charge in [0, 0.05) is 10.7 Å². The van der Waals surface area contributed by atoms with Gasteiger partial charge in [-0.05, 0) is 54.1 Å². The number of aromatic nitrogens is 3. The second kappa shape index (κ2) is 10.6. The van der Waals surface area contributed by atoms with Crippen LogP contribution in [0.2, 0.25) is 5.02 Å². The molecule has 1 N–H and O–H groups in total. The molecule has 0 saturated carbocycles. The van der Waals surface area contributed by atoms with Crippen molar-refractivity contribution in [1.29, 1.82) is 0 Å². The van der Waals surface area contributed by atoms with E-state index in [1.54, 1.807) is 24.3 Å². The van der Waals surface area contributed by atoms with Crippen molar-refractivity contribution in [3.8, 4) is 17.1 Å². The number of halogens is 6. The van der Waals surface area contributed by atoms with Gasteiger partial charge in [0.15, 0.2) is 5.82 Å². The minimum Gasteiger partial charge on any atom is -0.406 e. The molecule has 1 aromatic heterocycles. The van der Waals surface area contributed by atoms with E-state index in [1.165, 1.54) is 18.2 Å². The molecule has 7 nitrogen and oxygen atoms in total. The van der Waals surface area contributed by atoms with E-state index in [-0.39, 0.29) is 30.0 Å². The molecule has 13 heteroatoms. The molecule has 0 amide bonds. The summed E-state index contributed by atoms with van der Waals surface area (Å²) >= 11 is 5.89. The van der Waals surface area contributed by atoms with Gasteiger partial charge in [-0.1, -0.05) is 29.8 Å². The van der Waals surface area contributed by atoms with Crippen LogP contribution < -0.4 is 10.1 Å². The number of anilines is 2. The molecular formula is C23H14ClF5N6O. The smallest absolute Gasteiger partial charge is 0.406 e. The Labute approximate surface area is 205 Å². The SMILES string of the molecule is Fc1cccc(F)c1-c1nc(N=NCc2ccc(OC(F)(F)F)cc2)nc(Nc2ccc(Cl)cc2)n1. The summed E-state index contributed by atoms with van der Waals surface area (Å²) in [4.78, 5) is 12.2. The quantitative estimate of drug-likeness (QED) is 0.203. The fourth-order valence-electron chi connectivity index (χ4n) is 2.93. The van der Waals surface area contributed by atoms with Crippen molar-refractivity contribution in [2.75, 3.05) is 5.32 Å². The van der Waals surface area contributed by atoms with E-state index in [1.807, 2.05) is 0 Å². The van der Waals surface area contributed by atoms with Gasteiger partial charge in [0.1, 0.15) is 17.4 Å². The summed E-state index contributed by atoms with van der Waals surface area (Å²) in [5, 5.41) is 11.2. The number of alkyl halides is 3. The van der Waals surface area contributed by atoms with E-state index in [9.17, 15) is 22.0 Å². The van der Waals surface area contributed by atoms with Crippen molar-refractivity contribution in [3.05, 3.63) is 89.0 Å². The number of azo groups is 1. The van der Waals surface area contributed by atoms with Gasteiger partial charge in [0.05, 0.1) is 12.1 Å². The van der Waals surface area contributed by atoms with E-state index in [0.29, 0.717) is 16.3 Å². The predicted octanol–water partition coefficient (Wildman–Crippen LogP) is 7.40. The van der Waals surface area contributed by atoms with Gasteiger partial charge in [-0.15, -0.1) is 18.3 Å². The first-order valence-corrected chi connectivity index (χ1v) is 10.5. The maximum atomic E-state index is 14.4. The minimum atomic E-state index is -4.80. The van der Waals surface area contributed by atoms with Crippen molar-refractivity contribution in [2.45, 2.75) is 12.9 Å². The number of nitrogens with zero attached hydrogens (tertiary/aromatic N) is 5. The Morgan fingerprint density at radius 2 is 1.53 bits per heavy atom. The summed E-state index contributed by atoms with van der Waals surface area (Å²) < 4.78 is 69.4. The van der Waals surface area contributed by atoms with E-state index in [2.05, 4.69) is 35.2 Å². The number of rotatable bonds is 7. The highest BCUT2D eigenvalue weighted by atomic mass is 35.5. The molecule has 0 radical (unpaired) electrons. The molecular weight excluding hydrogens is 507 g/mol. The van der Waals surface area contributed by atoms with Gasteiger partial charge in [0.25, 0.3) is 5.95 Å². The first-order valence-electron chi connectivity index (χ1n) is 10.1. The standard InChI is InChI=1S/C23H14ClF5N6O/c24-14-6-8-15(9-7-14)31-21-32-20(19-17(25)2-1-3-18(19)26)33-22(34-21)35-30-12-13-4-10-16(11-5-13)36-23(27,28)29/h1-11H,12H2,(H,31,32,33,34).